The molecule has 24 valence electrons. The molecule has 0 atom stereocenters. The molecule has 0 fully saturated rings. The van der Waals surface area contributed by atoms with Gasteiger partial charge in [-0.2, -0.15) is 5.26 Å². The molecule has 1 nitrogen and oxygen atoms in total. The van der Waals surface area contributed by atoms with Crippen LogP contribution in [0.1, 0.15) is 0 Å². The van der Waals surface area contributed by atoms with Gasteiger partial charge in [-0.1, -0.05) is 12.6 Å². The van der Waals surface area contributed by atoms with Gasteiger partial charge in [0, 0.05) is 39.9 Å². The van der Waals surface area contributed by atoms with Gasteiger partial charge in [0.1, 0.15) is 5.40 Å². The minimum atomic E-state index is 0. The Balaban J connectivity index is 0. The quantitative estimate of drug-likeness (QED) is 0.460. The van der Waals surface area contributed by atoms with Gasteiger partial charge in [0.2, 0.25) is 0 Å². The van der Waals surface area contributed by atoms with Crippen molar-refractivity contribution in [3.05, 3.63) is 0 Å². The largest absolute Gasteiger partial charge is 0.185 e. The molecule has 0 aromatic heterocycles. The van der Waals surface area contributed by atoms with Crippen LogP contribution < -0.4 is 0 Å². The van der Waals surface area contributed by atoms with Gasteiger partial charge in [0.25, 0.3) is 0 Å². The predicted octanol–water partition coefficient (Wildman–Crippen LogP) is 0.397. The molecular formula is CHGdNS. The first kappa shape index (κ1) is 8.94. The van der Waals surface area contributed by atoms with Crippen LogP contribution in [0.5, 0.6) is 0 Å². The number of rotatable bonds is 0. The second-order valence-corrected chi connectivity index (χ2v) is 0.300. The molecule has 0 saturated carbocycles. The molecule has 0 spiro atoms. The van der Waals surface area contributed by atoms with E-state index in [9.17, 15) is 0 Å². The molecule has 0 N–H and O–H groups in total. The summed E-state index contributed by atoms with van der Waals surface area (Å²) in [6.45, 7) is 0. The van der Waals surface area contributed by atoms with E-state index in [0.717, 1.165) is 0 Å². The van der Waals surface area contributed by atoms with E-state index in [4.69, 9.17) is 5.26 Å². The van der Waals surface area contributed by atoms with E-state index in [0.29, 0.717) is 0 Å². The minimum Gasteiger partial charge on any atom is -0.185 e. The van der Waals surface area contributed by atoms with Crippen molar-refractivity contribution in [2.75, 3.05) is 0 Å². The summed E-state index contributed by atoms with van der Waals surface area (Å²) in [4.78, 5) is 0. The third-order valence-corrected chi connectivity index (χ3v) is 0. The molecule has 0 amide bonds. The van der Waals surface area contributed by atoms with Crippen molar-refractivity contribution in [2.45, 2.75) is 0 Å². The summed E-state index contributed by atoms with van der Waals surface area (Å²) in [7, 11) is 0. The fraction of sp³-hybridized carbons (Fsp3) is 0. The second kappa shape index (κ2) is 8.90. The molecule has 0 aliphatic carbocycles. The Morgan fingerprint density at radius 2 is 1.75 bits per heavy atom. The first-order valence-electron chi connectivity index (χ1n) is 0.447. The van der Waals surface area contributed by atoms with E-state index in [1.807, 2.05) is 0 Å². The molecule has 0 unspecified atom stereocenters. The standard InChI is InChI=1S/CHNS.Gd/c2-1-3;/h3H;. The molecule has 0 aromatic carbocycles. The van der Waals surface area contributed by atoms with Crippen LogP contribution in [-0.4, -0.2) is 0 Å². The molecule has 0 bridgehead atoms. The van der Waals surface area contributed by atoms with Crippen LogP contribution in [0.2, 0.25) is 0 Å². The third kappa shape index (κ3) is 10.9. The van der Waals surface area contributed by atoms with Crippen molar-refractivity contribution < 1.29 is 39.9 Å². The summed E-state index contributed by atoms with van der Waals surface area (Å²) in [5, 5.41) is 8.63. The number of nitriles is 1. The van der Waals surface area contributed by atoms with E-state index < -0.39 is 0 Å². The van der Waals surface area contributed by atoms with Crippen molar-refractivity contribution in [3.63, 3.8) is 0 Å². The van der Waals surface area contributed by atoms with Gasteiger partial charge in [-0.3, -0.25) is 0 Å². The Morgan fingerprint density at radius 1 is 1.75 bits per heavy atom. The molecule has 4 heavy (non-hydrogen) atoms. The van der Waals surface area contributed by atoms with E-state index >= 15 is 0 Å². The molecule has 0 aromatic rings. The van der Waals surface area contributed by atoms with E-state index in [2.05, 4.69) is 12.6 Å². The van der Waals surface area contributed by atoms with Crippen LogP contribution in [0.4, 0.5) is 0 Å². The summed E-state index contributed by atoms with van der Waals surface area (Å²) in [6, 6.07) is 0. The summed E-state index contributed by atoms with van der Waals surface area (Å²) < 4.78 is 0. The van der Waals surface area contributed by atoms with E-state index in [1.165, 1.54) is 5.40 Å². The van der Waals surface area contributed by atoms with Gasteiger partial charge in [-0.25, -0.2) is 0 Å². The Morgan fingerprint density at radius 3 is 1.75 bits per heavy atom. The summed E-state index contributed by atoms with van der Waals surface area (Å²) in [5.74, 6) is 0. The number of thiol groups is 1. The Labute approximate surface area is 62.5 Å². The average Bonchev–Trinajstić information content (AvgIpc) is 0.918. The normalized spacial score (nSPS) is 2.00. The maximum absolute atomic E-state index is 7.18. The SMILES string of the molecule is N#CS.[Gd]. The number of nitrogens with zero attached hydrogens (tertiary/aromatic N) is 1. The van der Waals surface area contributed by atoms with E-state index in [1.54, 1.807) is 0 Å². The molecule has 3 heteroatoms. The van der Waals surface area contributed by atoms with E-state index in [-0.39, 0.29) is 39.9 Å². The molecule has 0 aliphatic rings. The first-order chi connectivity index (χ1) is 1.41. The zero-order valence-corrected chi connectivity index (χ0v) is 4.91. The molecular weight excluding hydrogens is 215 g/mol. The topological polar surface area (TPSA) is 23.8 Å². The first-order valence-corrected chi connectivity index (χ1v) is 0.894. The van der Waals surface area contributed by atoms with Gasteiger partial charge >= 0.3 is 0 Å². The monoisotopic (exact) mass is 217 g/mol. The van der Waals surface area contributed by atoms with Crippen LogP contribution >= 0.6 is 12.6 Å². The molecule has 0 rings (SSSR count). The number of hydrogen-bond acceptors (Lipinski definition) is 2. The van der Waals surface area contributed by atoms with Crippen LogP contribution in [0.25, 0.3) is 0 Å². The van der Waals surface area contributed by atoms with Gasteiger partial charge in [0.05, 0.1) is 0 Å². The third-order valence-electron chi connectivity index (χ3n) is 0. The molecule has 0 heterocycles. The summed E-state index contributed by atoms with van der Waals surface area (Å²) in [5.41, 5.74) is 0. The number of thiocyanates is 1. The average molecular weight is 216 g/mol. The van der Waals surface area contributed by atoms with Crippen LogP contribution in [-0.2, 0) is 0 Å². The zero-order valence-electron chi connectivity index (χ0n) is 1.75. The van der Waals surface area contributed by atoms with Gasteiger partial charge in [0.15, 0.2) is 0 Å². The summed E-state index contributed by atoms with van der Waals surface area (Å²) in [6.07, 6.45) is 0. The van der Waals surface area contributed by atoms with Crippen molar-refractivity contribution in [1.29, 1.82) is 5.26 Å². The fourth-order valence-electron chi connectivity index (χ4n) is 0. The Kier molecular flexibility index (Phi) is 19.9. The molecule has 0 radical (unpaired) electrons. The second-order valence-electron chi connectivity index (χ2n) is 0.100. The predicted molar refractivity (Wildman–Crippen MR) is 14.6 cm³/mol. The smallest absolute Gasteiger partial charge is 0.130 e. The van der Waals surface area contributed by atoms with Crippen LogP contribution in [0.3, 0.4) is 0 Å². The van der Waals surface area contributed by atoms with Crippen molar-refractivity contribution in [2.24, 2.45) is 0 Å². The van der Waals surface area contributed by atoms with Gasteiger partial charge < -0.3 is 0 Å². The van der Waals surface area contributed by atoms with Crippen molar-refractivity contribution >= 4 is 12.6 Å². The van der Waals surface area contributed by atoms with Crippen molar-refractivity contribution in [1.82, 2.24) is 0 Å². The maximum Gasteiger partial charge on any atom is 0.130 e. The Bertz CT molecular complexity index is 29.5. The van der Waals surface area contributed by atoms with Gasteiger partial charge in [-0.05, 0) is 0 Å². The van der Waals surface area contributed by atoms with Gasteiger partial charge in [-0.15, -0.1) is 0 Å². The Hall–Kier alpha value is 1.16. The fourth-order valence-corrected chi connectivity index (χ4v) is 0. The van der Waals surface area contributed by atoms with Crippen molar-refractivity contribution in [3.8, 4) is 5.40 Å². The maximum atomic E-state index is 7.18. The zero-order chi connectivity index (χ0) is 2.71. The number of hydrogen-bond donors (Lipinski definition) is 1. The summed E-state index contributed by atoms with van der Waals surface area (Å²) >= 11 is 3.09. The van der Waals surface area contributed by atoms with Crippen LogP contribution in [0.15, 0.2) is 0 Å². The van der Waals surface area contributed by atoms with Crippen LogP contribution in [0, 0.1) is 50.6 Å². The molecule has 0 aliphatic heterocycles. The minimum absolute atomic E-state index is 0. The molecule has 0 saturated heterocycles.